The summed E-state index contributed by atoms with van der Waals surface area (Å²) in [4.78, 5) is 24.0. The molecule has 1 aromatic carbocycles. The van der Waals surface area contributed by atoms with Gasteiger partial charge in [-0.05, 0) is 38.5 Å². The normalized spacial score (nSPS) is 11.8. The Labute approximate surface area is 153 Å². The highest BCUT2D eigenvalue weighted by Gasteiger charge is 2.20. The van der Waals surface area contributed by atoms with E-state index in [1.165, 1.54) is 0 Å². The lowest BCUT2D eigenvalue weighted by molar-refractivity contribution is 0.366. The SMILES string of the molecule is CN(C)c1cccc(CN(C)c2nc3c(cnn3C(C)(C)C)c(=O)[nH]2)c1. The number of aromatic amines is 1. The Morgan fingerprint density at radius 3 is 2.58 bits per heavy atom. The van der Waals surface area contributed by atoms with Gasteiger partial charge in [-0.15, -0.1) is 0 Å². The summed E-state index contributed by atoms with van der Waals surface area (Å²) < 4.78 is 1.79. The van der Waals surface area contributed by atoms with Crippen molar-refractivity contribution in [3.63, 3.8) is 0 Å². The number of fused-ring (bicyclic) bond motifs is 1. The van der Waals surface area contributed by atoms with Gasteiger partial charge in [-0.3, -0.25) is 9.78 Å². The van der Waals surface area contributed by atoms with Crippen molar-refractivity contribution in [2.24, 2.45) is 0 Å². The number of nitrogens with zero attached hydrogens (tertiary/aromatic N) is 5. The Hall–Kier alpha value is -2.83. The largest absolute Gasteiger partial charge is 0.378 e. The van der Waals surface area contributed by atoms with Crippen LogP contribution in [-0.2, 0) is 12.1 Å². The van der Waals surface area contributed by atoms with E-state index in [0.717, 1.165) is 11.3 Å². The highest BCUT2D eigenvalue weighted by atomic mass is 16.1. The molecule has 0 unspecified atom stereocenters. The van der Waals surface area contributed by atoms with Crippen molar-refractivity contribution >= 4 is 22.7 Å². The van der Waals surface area contributed by atoms with E-state index >= 15 is 0 Å². The lowest BCUT2D eigenvalue weighted by Crippen LogP contribution is -2.26. The summed E-state index contributed by atoms with van der Waals surface area (Å²) in [6.45, 7) is 6.76. The Morgan fingerprint density at radius 2 is 1.92 bits per heavy atom. The molecule has 0 bridgehead atoms. The number of anilines is 2. The van der Waals surface area contributed by atoms with Crippen molar-refractivity contribution < 1.29 is 0 Å². The second-order valence-electron chi connectivity index (χ2n) is 7.77. The molecule has 0 spiro atoms. The summed E-state index contributed by atoms with van der Waals surface area (Å²) in [5.41, 5.74) is 2.46. The maximum Gasteiger partial charge on any atom is 0.263 e. The fourth-order valence-electron chi connectivity index (χ4n) is 2.86. The Kier molecular flexibility index (Phi) is 4.48. The first-order valence-electron chi connectivity index (χ1n) is 8.63. The molecule has 0 atom stereocenters. The van der Waals surface area contributed by atoms with Crippen LogP contribution in [0.2, 0.25) is 0 Å². The molecule has 2 aromatic heterocycles. The molecule has 26 heavy (non-hydrogen) atoms. The fraction of sp³-hybridized carbons (Fsp3) is 0.421. The van der Waals surface area contributed by atoms with Gasteiger partial charge in [0.2, 0.25) is 5.95 Å². The maximum atomic E-state index is 12.5. The van der Waals surface area contributed by atoms with Gasteiger partial charge in [0.25, 0.3) is 5.56 Å². The van der Waals surface area contributed by atoms with E-state index in [1.54, 1.807) is 10.9 Å². The van der Waals surface area contributed by atoms with Crippen LogP contribution in [0, 0.1) is 0 Å². The zero-order valence-corrected chi connectivity index (χ0v) is 16.2. The lowest BCUT2D eigenvalue weighted by atomic mass is 10.1. The van der Waals surface area contributed by atoms with E-state index in [0.29, 0.717) is 23.5 Å². The number of aromatic nitrogens is 4. The molecule has 0 aliphatic heterocycles. The van der Waals surface area contributed by atoms with E-state index in [-0.39, 0.29) is 11.1 Å². The van der Waals surface area contributed by atoms with Crippen molar-refractivity contribution in [2.45, 2.75) is 32.9 Å². The van der Waals surface area contributed by atoms with Gasteiger partial charge in [0.15, 0.2) is 5.65 Å². The Morgan fingerprint density at radius 1 is 1.19 bits per heavy atom. The summed E-state index contributed by atoms with van der Waals surface area (Å²) in [6.07, 6.45) is 1.58. The van der Waals surface area contributed by atoms with Gasteiger partial charge in [-0.1, -0.05) is 12.1 Å². The first-order valence-corrected chi connectivity index (χ1v) is 8.63. The van der Waals surface area contributed by atoms with Crippen molar-refractivity contribution in [3.05, 3.63) is 46.4 Å². The monoisotopic (exact) mass is 354 g/mol. The van der Waals surface area contributed by atoms with Crippen molar-refractivity contribution in [1.82, 2.24) is 19.7 Å². The van der Waals surface area contributed by atoms with Crippen LogP contribution in [0.3, 0.4) is 0 Å². The van der Waals surface area contributed by atoms with Crippen LogP contribution in [0.4, 0.5) is 11.6 Å². The van der Waals surface area contributed by atoms with Crippen molar-refractivity contribution in [1.29, 1.82) is 0 Å². The minimum absolute atomic E-state index is 0.172. The molecule has 7 heteroatoms. The van der Waals surface area contributed by atoms with Gasteiger partial charge in [0.05, 0.1) is 11.7 Å². The predicted molar refractivity (Wildman–Crippen MR) is 106 cm³/mol. The standard InChI is InChI=1S/C19H26N6O/c1-19(2,3)25-16-15(11-20-25)17(26)22-18(21-16)24(6)12-13-8-7-9-14(10-13)23(4)5/h7-11H,12H2,1-6H3,(H,21,22,26). The number of benzene rings is 1. The van der Waals surface area contributed by atoms with E-state index in [4.69, 9.17) is 0 Å². The zero-order chi connectivity index (χ0) is 19.1. The summed E-state index contributed by atoms with van der Waals surface area (Å²) in [5.74, 6) is 0.531. The average molecular weight is 354 g/mol. The molecule has 2 heterocycles. The number of hydrogen-bond acceptors (Lipinski definition) is 5. The molecular formula is C19H26N6O. The quantitative estimate of drug-likeness (QED) is 0.780. The van der Waals surface area contributed by atoms with Crippen LogP contribution in [0.1, 0.15) is 26.3 Å². The Balaban J connectivity index is 1.97. The van der Waals surface area contributed by atoms with Gasteiger partial charge in [0.1, 0.15) is 5.39 Å². The summed E-state index contributed by atoms with van der Waals surface area (Å²) in [6, 6.07) is 8.30. The third-order valence-corrected chi connectivity index (χ3v) is 4.27. The highest BCUT2D eigenvalue weighted by molar-refractivity contribution is 5.74. The second kappa shape index (κ2) is 6.48. The second-order valence-corrected chi connectivity index (χ2v) is 7.77. The minimum atomic E-state index is -0.252. The van der Waals surface area contributed by atoms with E-state index in [2.05, 4.69) is 38.2 Å². The molecule has 3 rings (SSSR count). The molecule has 3 aromatic rings. The molecule has 138 valence electrons. The number of rotatable bonds is 4. The lowest BCUT2D eigenvalue weighted by Gasteiger charge is -2.22. The van der Waals surface area contributed by atoms with Crippen LogP contribution in [0.5, 0.6) is 0 Å². The van der Waals surface area contributed by atoms with E-state index in [9.17, 15) is 4.79 Å². The van der Waals surface area contributed by atoms with Crippen LogP contribution in [0.15, 0.2) is 35.3 Å². The number of H-pyrrole nitrogens is 1. The van der Waals surface area contributed by atoms with Crippen molar-refractivity contribution in [3.8, 4) is 0 Å². The van der Waals surface area contributed by atoms with Gasteiger partial charge in [0, 0.05) is 33.4 Å². The predicted octanol–water partition coefficient (Wildman–Crippen LogP) is 2.58. The topological polar surface area (TPSA) is 70.1 Å². The molecular weight excluding hydrogens is 328 g/mol. The van der Waals surface area contributed by atoms with Gasteiger partial charge < -0.3 is 9.80 Å². The average Bonchev–Trinajstić information content (AvgIpc) is 2.99. The van der Waals surface area contributed by atoms with Crippen molar-refractivity contribution in [2.75, 3.05) is 30.9 Å². The minimum Gasteiger partial charge on any atom is -0.378 e. The van der Waals surface area contributed by atoms with Gasteiger partial charge in [-0.2, -0.15) is 10.1 Å². The zero-order valence-electron chi connectivity index (χ0n) is 16.2. The molecule has 0 amide bonds. The van der Waals surface area contributed by atoms with Crippen LogP contribution in [-0.4, -0.2) is 40.9 Å². The summed E-state index contributed by atoms with van der Waals surface area (Å²) >= 11 is 0. The third kappa shape index (κ3) is 3.42. The molecule has 0 aliphatic carbocycles. The number of hydrogen-bond donors (Lipinski definition) is 1. The molecule has 0 saturated heterocycles. The van der Waals surface area contributed by atoms with Gasteiger partial charge >= 0.3 is 0 Å². The maximum absolute atomic E-state index is 12.5. The van der Waals surface area contributed by atoms with E-state index < -0.39 is 0 Å². The van der Waals surface area contributed by atoms with Gasteiger partial charge in [-0.25, -0.2) is 4.68 Å². The van der Waals surface area contributed by atoms with E-state index in [1.807, 2.05) is 52.9 Å². The van der Waals surface area contributed by atoms with Crippen LogP contribution >= 0.6 is 0 Å². The Bertz CT molecular complexity index is 980. The van der Waals surface area contributed by atoms with Crippen LogP contribution in [0.25, 0.3) is 11.0 Å². The fourth-order valence-corrected chi connectivity index (χ4v) is 2.86. The smallest absolute Gasteiger partial charge is 0.263 e. The first kappa shape index (κ1) is 18.0. The molecule has 0 aliphatic rings. The molecule has 0 radical (unpaired) electrons. The summed E-state index contributed by atoms with van der Waals surface area (Å²) in [7, 11) is 5.96. The highest BCUT2D eigenvalue weighted by Crippen LogP contribution is 2.20. The molecule has 7 nitrogen and oxygen atoms in total. The number of nitrogens with one attached hydrogen (secondary N) is 1. The van der Waals surface area contributed by atoms with Crippen LogP contribution < -0.4 is 15.4 Å². The third-order valence-electron chi connectivity index (χ3n) is 4.27. The molecule has 1 N–H and O–H groups in total. The first-order chi connectivity index (χ1) is 12.2. The summed E-state index contributed by atoms with van der Waals surface area (Å²) in [5, 5.41) is 4.86. The molecule has 0 saturated carbocycles. The molecule has 0 fully saturated rings.